The molecule has 10 nitrogen and oxygen atoms in total. The van der Waals surface area contributed by atoms with Gasteiger partial charge in [-0.1, -0.05) is 5.43 Å². The minimum absolute atomic E-state index is 0.0184. The molecular weight excluding hydrogens is 210 g/mol. The Labute approximate surface area is 84.0 Å². The highest BCUT2D eigenvalue weighted by Crippen LogP contribution is 1.89. The van der Waals surface area contributed by atoms with Gasteiger partial charge in [-0.25, -0.2) is 10.1 Å². The zero-order valence-corrected chi connectivity index (χ0v) is 7.62. The lowest BCUT2D eigenvalue weighted by Gasteiger charge is -2.04. The van der Waals surface area contributed by atoms with Crippen molar-refractivity contribution < 1.29 is 19.8 Å². The number of carboxylic acid groups (broad SMARTS) is 1. The lowest BCUT2D eigenvalue weighted by molar-refractivity contribution is -0.525. The number of nitrogens with two attached hydrogens (primary N) is 2. The number of carbonyl (C=O) groups is 1. The summed E-state index contributed by atoms with van der Waals surface area (Å²) in [6, 6.07) is -1.06. The van der Waals surface area contributed by atoms with Crippen molar-refractivity contribution in [3.05, 3.63) is 10.1 Å². The summed E-state index contributed by atoms with van der Waals surface area (Å²) in [5.41, 5.74) is 11.6. The van der Waals surface area contributed by atoms with Gasteiger partial charge in [0.05, 0.1) is 0 Å². The molecule has 0 aliphatic heterocycles. The molecule has 0 fully saturated rings. The van der Waals surface area contributed by atoms with Crippen LogP contribution in [0.15, 0.2) is 5.16 Å². The Bertz CT molecular complexity index is 267. The van der Waals surface area contributed by atoms with Gasteiger partial charge in [0.15, 0.2) is 5.03 Å². The molecule has 0 aliphatic carbocycles. The normalized spacial score (nSPS) is 13.0. The van der Waals surface area contributed by atoms with E-state index in [1.54, 1.807) is 0 Å². The van der Waals surface area contributed by atoms with Crippen molar-refractivity contribution in [2.45, 2.75) is 12.5 Å². The number of hydrogen-bond acceptors (Lipinski definition) is 6. The van der Waals surface area contributed by atoms with Gasteiger partial charge in [-0.2, -0.15) is 0 Å². The summed E-state index contributed by atoms with van der Waals surface area (Å²) in [4.78, 5) is 24.5. The molecule has 0 amide bonds. The van der Waals surface area contributed by atoms with Crippen LogP contribution in [0.3, 0.4) is 0 Å². The van der Waals surface area contributed by atoms with Crippen LogP contribution in [0.5, 0.6) is 0 Å². The Balaban J connectivity index is 3.69. The number of nitrogens with one attached hydrogen (secondary N) is 1. The molecule has 0 spiro atoms. The first-order valence-electron chi connectivity index (χ1n) is 3.78. The molecule has 0 rings (SSSR count). The molecule has 15 heavy (non-hydrogen) atoms. The summed E-state index contributed by atoms with van der Waals surface area (Å²) < 4.78 is 0. The number of guanidine groups is 1. The smallest absolute Gasteiger partial charge is 0.320 e. The molecule has 0 aromatic heterocycles. The number of rotatable bonds is 6. The minimum atomic E-state index is -1.17. The van der Waals surface area contributed by atoms with E-state index in [4.69, 9.17) is 16.6 Å². The number of carboxylic acids is 1. The quantitative estimate of drug-likeness (QED) is 0.129. The van der Waals surface area contributed by atoms with Crippen LogP contribution < -0.4 is 16.9 Å². The summed E-state index contributed by atoms with van der Waals surface area (Å²) in [6.45, 7) is -0.104. The number of hydrogen-bond donors (Lipinski definition) is 4. The van der Waals surface area contributed by atoms with E-state index in [1.807, 2.05) is 0 Å². The van der Waals surface area contributed by atoms with Crippen LogP contribution in [0.1, 0.15) is 6.42 Å². The highest BCUT2D eigenvalue weighted by atomic mass is 16.7. The van der Waals surface area contributed by atoms with Gasteiger partial charge in [0.1, 0.15) is 12.6 Å². The van der Waals surface area contributed by atoms with E-state index >= 15 is 0 Å². The lowest BCUT2D eigenvalue weighted by atomic mass is 10.2. The largest absolute Gasteiger partial charge is 0.480 e. The SMILES string of the molecule is N/C(=N\OCC[C@H](N)C(=O)O)N[N+](=O)[O-]. The fraction of sp³-hybridized carbons (Fsp3) is 0.600. The van der Waals surface area contributed by atoms with Gasteiger partial charge in [-0.15, -0.1) is 0 Å². The van der Waals surface area contributed by atoms with Crippen LogP contribution in [-0.2, 0) is 9.63 Å². The second-order valence-corrected chi connectivity index (χ2v) is 2.41. The molecule has 0 bridgehead atoms. The fourth-order valence-electron chi connectivity index (χ4n) is 0.532. The molecule has 0 saturated heterocycles. The van der Waals surface area contributed by atoms with Crippen LogP contribution >= 0.6 is 0 Å². The maximum absolute atomic E-state index is 10.2. The summed E-state index contributed by atoms with van der Waals surface area (Å²) in [5.74, 6) is -1.71. The van der Waals surface area contributed by atoms with Gasteiger partial charge in [-0.05, 0) is 5.16 Å². The number of nitro groups is 1. The van der Waals surface area contributed by atoms with Gasteiger partial charge < -0.3 is 21.4 Å². The molecule has 0 unspecified atom stereocenters. The van der Waals surface area contributed by atoms with E-state index < -0.39 is 23.0 Å². The summed E-state index contributed by atoms with van der Waals surface area (Å²) in [6.07, 6.45) is 0.0184. The summed E-state index contributed by atoms with van der Waals surface area (Å²) >= 11 is 0. The highest BCUT2D eigenvalue weighted by Gasteiger charge is 2.10. The third kappa shape index (κ3) is 7.01. The maximum Gasteiger partial charge on any atom is 0.320 e. The predicted molar refractivity (Wildman–Crippen MR) is 47.9 cm³/mol. The van der Waals surface area contributed by atoms with Gasteiger partial charge in [0.2, 0.25) is 0 Å². The molecule has 0 heterocycles. The molecule has 6 N–H and O–H groups in total. The Morgan fingerprint density at radius 2 is 2.33 bits per heavy atom. The van der Waals surface area contributed by atoms with Gasteiger partial charge in [-0.3, -0.25) is 4.79 Å². The van der Waals surface area contributed by atoms with Crippen molar-refractivity contribution in [1.82, 2.24) is 5.43 Å². The first-order valence-corrected chi connectivity index (χ1v) is 3.78. The molecule has 86 valence electrons. The van der Waals surface area contributed by atoms with Crippen LogP contribution in [-0.4, -0.2) is 34.7 Å². The van der Waals surface area contributed by atoms with E-state index in [0.29, 0.717) is 0 Å². The Kier molecular flexibility index (Phi) is 5.48. The fourth-order valence-corrected chi connectivity index (χ4v) is 0.532. The monoisotopic (exact) mass is 221 g/mol. The van der Waals surface area contributed by atoms with Crippen molar-refractivity contribution in [3.63, 3.8) is 0 Å². The van der Waals surface area contributed by atoms with Gasteiger partial charge in [0.25, 0.3) is 5.96 Å². The van der Waals surface area contributed by atoms with E-state index in [2.05, 4.69) is 9.99 Å². The van der Waals surface area contributed by atoms with Crippen LogP contribution in [0, 0.1) is 10.1 Å². The number of nitrogens with zero attached hydrogens (tertiary/aromatic N) is 2. The molecule has 0 aromatic carbocycles. The third-order valence-electron chi connectivity index (χ3n) is 1.21. The zero-order chi connectivity index (χ0) is 11.8. The zero-order valence-electron chi connectivity index (χ0n) is 7.62. The summed E-state index contributed by atoms with van der Waals surface area (Å²) in [7, 11) is 0. The number of oxime groups is 1. The van der Waals surface area contributed by atoms with Crippen molar-refractivity contribution >= 4 is 11.9 Å². The molecular formula is C5H11N5O5. The maximum atomic E-state index is 10.2. The van der Waals surface area contributed by atoms with Crippen molar-refractivity contribution in [3.8, 4) is 0 Å². The minimum Gasteiger partial charge on any atom is -0.480 e. The van der Waals surface area contributed by atoms with Gasteiger partial charge >= 0.3 is 5.97 Å². The standard InChI is InChI=1S/C5H11N5O5/c6-3(4(11)12)1-2-15-9-5(7)8-10(13)14/h3H,1-2,6H2,(H,11,12)(H3,7,8,9)/t3-/m0/s1. The van der Waals surface area contributed by atoms with E-state index in [0.717, 1.165) is 0 Å². The summed E-state index contributed by atoms with van der Waals surface area (Å²) in [5, 5.41) is 20.4. The molecule has 1 atom stereocenters. The molecule has 0 saturated carbocycles. The van der Waals surface area contributed by atoms with Crippen molar-refractivity contribution in [2.75, 3.05) is 6.61 Å². The van der Waals surface area contributed by atoms with E-state index in [1.165, 1.54) is 5.43 Å². The highest BCUT2D eigenvalue weighted by molar-refractivity contribution is 5.75. The van der Waals surface area contributed by atoms with Crippen LogP contribution in [0.25, 0.3) is 0 Å². The van der Waals surface area contributed by atoms with E-state index in [9.17, 15) is 14.9 Å². The third-order valence-corrected chi connectivity index (χ3v) is 1.21. The Morgan fingerprint density at radius 3 is 2.80 bits per heavy atom. The Hall–Kier alpha value is -2.10. The average molecular weight is 221 g/mol. The first-order chi connectivity index (χ1) is 6.93. The van der Waals surface area contributed by atoms with Crippen LogP contribution in [0.4, 0.5) is 0 Å². The topological polar surface area (TPSA) is 166 Å². The van der Waals surface area contributed by atoms with Crippen molar-refractivity contribution in [2.24, 2.45) is 16.6 Å². The second-order valence-electron chi connectivity index (χ2n) is 2.41. The second kappa shape index (κ2) is 6.37. The number of hydrazine groups is 1. The average Bonchev–Trinajstić information content (AvgIpc) is 2.10. The van der Waals surface area contributed by atoms with E-state index in [-0.39, 0.29) is 13.0 Å². The predicted octanol–water partition coefficient (Wildman–Crippen LogP) is -2.18. The number of aliphatic carboxylic acids is 1. The molecule has 0 radical (unpaired) electrons. The first kappa shape index (κ1) is 12.9. The van der Waals surface area contributed by atoms with Crippen LogP contribution in [0.2, 0.25) is 0 Å². The van der Waals surface area contributed by atoms with Crippen molar-refractivity contribution in [1.29, 1.82) is 0 Å². The van der Waals surface area contributed by atoms with Gasteiger partial charge in [0, 0.05) is 6.42 Å². The molecule has 0 aliphatic rings. The molecule has 10 heteroatoms. The molecule has 0 aromatic rings. The lowest BCUT2D eigenvalue weighted by Crippen LogP contribution is -2.36. The Morgan fingerprint density at radius 1 is 1.73 bits per heavy atom.